The number of benzene rings is 1. The van der Waals surface area contributed by atoms with Gasteiger partial charge in [-0.05, 0) is 42.2 Å². The lowest BCUT2D eigenvalue weighted by Gasteiger charge is -2.41. The molecule has 1 aromatic rings. The summed E-state index contributed by atoms with van der Waals surface area (Å²) in [6, 6.07) is 6.95. The highest BCUT2D eigenvalue weighted by Crippen LogP contribution is 2.43. The molecule has 3 rings (SSSR count). The minimum Gasteiger partial charge on any atom is -0.371 e. The first-order chi connectivity index (χ1) is 7.77. The molecule has 0 bridgehead atoms. The smallest absolute Gasteiger partial charge is 0.0434 e. The summed E-state index contributed by atoms with van der Waals surface area (Å²) in [7, 11) is 0. The van der Waals surface area contributed by atoms with Gasteiger partial charge in [-0.3, -0.25) is 0 Å². The summed E-state index contributed by atoms with van der Waals surface area (Å²) >= 11 is 0. The molecule has 1 heteroatoms. The predicted octanol–water partition coefficient (Wildman–Crippen LogP) is 3.58. The first kappa shape index (κ1) is 10.2. The minimum absolute atomic E-state index is 0.774. The Morgan fingerprint density at radius 3 is 2.94 bits per heavy atom. The van der Waals surface area contributed by atoms with Gasteiger partial charge in [-0.1, -0.05) is 32.0 Å². The maximum atomic E-state index is 2.62. The van der Waals surface area contributed by atoms with Crippen LogP contribution in [0.4, 0.5) is 5.69 Å². The van der Waals surface area contributed by atoms with Gasteiger partial charge in [0.05, 0.1) is 0 Å². The third-order valence-electron chi connectivity index (χ3n) is 4.26. The van der Waals surface area contributed by atoms with E-state index in [0.29, 0.717) is 0 Å². The second-order valence-corrected chi connectivity index (χ2v) is 5.58. The Balaban J connectivity index is 2.11. The molecular formula is C15H21N. The van der Waals surface area contributed by atoms with Crippen LogP contribution in [0.1, 0.15) is 43.7 Å². The normalized spacial score (nSPS) is 23.4. The van der Waals surface area contributed by atoms with Crippen molar-refractivity contribution in [3.63, 3.8) is 0 Å². The summed E-state index contributed by atoms with van der Waals surface area (Å²) in [5.41, 5.74) is 4.81. The summed E-state index contributed by atoms with van der Waals surface area (Å²) in [4.78, 5) is 2.62. The van der Waals surface area contributed by atoms with Crippen molar-refractivity contribution in [3.05, 3.63) is 29.3 Å². The number of anilines is 1. The van der Waals surface area contributed by atoms with E-state index in [2.05, 4.69) is 36.9 Å². The molecule has 0 amide bonds. The fourth-order valence-corrected chi connectivity index (χ4v) is 3.44. The van der Waals surface area contributed by atoms with Crippen LogP contribution in [0.5, 0.6) is 0 Å². The van der Waals surface area contributed by atoms with E-state index < -0.39 is 0 Å². The third kappa shape index (κ3) is 1.45. The zero-order chi connectivity index (χ0) is 11.1. The maximum Gasteiger partial charge on any atom is 0.0434 e. The van der Waals surface area contributed by atoms with Crippen LogP contribution in [0.2, 0.25) is 0 Å². The van der Waals surface area contributed by atoms with Crippen LogP contribution in [0.25, 0.3) is 0 Å². The van der Waals surface area contributed by atoms with Crippen LogP contribution in [-0.2, 0) is 6.42 Å². The number of rotatable bonds is 1. The molecule has 0 fully saturated rings. The molecule has 1 nitrogen and oxygen atoms in total. The van der Waals surface area contributed by atoms with Gasteiger partial charge in [0.15, 0.2) is 0 Å². The molecule has 0 aromatic heterocycles. The van der Waals surface area contributed by atoms with Crippen LogP contribution in [-0.4, -0.2) is 13.1 Å². The average molecular weight is 215 g/mol. The third-order valence-corrected chi connectivity index (χ3v) is 4.26. The van der Waals surface area contributed by atoms with Crippen molar-refractivity contribution in [2.45, 2.75) is 39.0 Å². The number of hydrogen-bond donors (Lipinski definition) is 0. The Hall–Kier alpha value is -0.980. The largest absolute Gasteiger partial charge is 0.371 e. The van der Waals surface area contributed by atoms with E-state index in [0.717, 1.165) is 11.8 Å². The van der Waals surface area contributed by atoms with E-state index in [1.54, 1.807) is 16.8 Å². The van der Waals surface area contributed by atoms with Gasteiger partial charge >= 0.3 is 0 Å². The van der Waals surface area contributed by atoms with Crippen LogP contribution in [0.3, 0.4) is 0 Å². The highest BCUT2D eigenvalue weighted by atomic mass is 15.1. The SMILES string of the molecule is CC(C)C1CCN2CCCc3cccc1c32. The van der Waals surface area contributed by atoms with Crippen LogP contribution < -0.4 is 4.90 Å². The molecule has 0 saturated carbocycles. The minimum atomic E-state index is 0.774. The number of nitrogens with zero attached hydrogens (tertiary/aromatic N) is 1. The molecule has 2 aliphatic heterocycles. The highest BCUT2D eigenvalue weighted by Gasteiger charge is 2.30. The molecule has 0 aliphatic carbocycles. The summed E-state index contributed by atoms with van der Waals surface area (Å²) in [6.45, 7) is 7.27. The molecular weight excluding hydrogens is 194 g/mol. The Morgan fingerprint density at radius 1 is 1.25 bits per heavy atom. The van der Waals surface area contributed by atoms with Gasteiger partial charge < -0.3 is 4.90 Å². The quantitative estimate of drug-likeness (QED) is 0.692. The summed E-state index contributed by atoms with van der Waals surface area (Å²) < 4.78 is 0. The molecule has 86 valence electrons. The number of aryl methyl sites for hydroxylation is 1. The molecule has 0 saturated heterocycles. The topological polar surface area (TPSA) is 3.24 Å². The van der Waals surface area contributed by atoms with Crippen molar-refractivity contribution >= 4 is 5.69 Å². The van der Waals surface area contributed by atoms with E-state index in [1.807, 2.05) is 0 Å². The Bertz CT molecular complexity index is 394. The first-order valence-electron chi connectivity index (χ1n) is 6.64. The van der Waals surface area contributed by atoms with Crippen LogP contribution in [0, 0.1) is 5.92 Å². The van der Waals surface area contributed by atoms with Gasteiger partial charge in [0, 0.05) is 18.8 Å². The summed E-state index contributed by atoms with van der Waals surface area (Å²) in [5.74, 6) is 1.56. The second kappa shape index (κ2) is 3.80. The van der Waals surface area contributed by atoms with E-state index in [9.17, 15) is 0 Å². The van der Waals surface area contributed by atoms with E-state index in [1.165, 1.54) is 32.4 Å². The lowest BCUT2D eigenvalue weighted by molar-refractivity contribution is 0.444. The molecule has 16 heavy (non-hydrogen) atoms. The van der Waals surface area contributed by atoms with Crippen molar-refractivity contribution in [1.29, 1.82) is 0 Å². The van der Waals surface area contributed by atoms with Gasteiger partial charge in [0.2, 0.25) is 0 Å². The molecule has 2 aliphatic rings. The number of para-hydroxylation sites is 1. The molecule has 1 unspecified atom stereocenters. The van der Waals surface area contributed by atoms with E-state index >= 15 is 0 Å². The van der Waals surface area contributed by atoms with Gasteiger partial charge in [0.1, 0.15) is 0 Å². The Kier molecular flexibility index (Phi) is 2.42. The Labute approximate surface area is 98.5 Å². The maximum absolute atomic E-state index is 2.62. The Morgan fingerprint density at radius 2 is 2.12 bits per heavy atom. The zero-order valence-electron chi connectivity index (χ0n) is 10.4. The fourth-order valence-electron chi connectivity index (χ4n) is 3.44. The molecule has 1 aromatic carbocycles. The van der Waals surface area contributed by atoms with Gasteiger partial charge in [-0.2, -0.15) is 0 Å². The van der Waals surface area contributed by atoms with Gasteiger partial charge in [-0.25, -0.2) is 0 Å². The van der Waals surface area contributed by atoms with E-state index in [4.69, 9.17) is 0 Å². The van der Waals surface area contributed by atoms with Crippen molar-refractivity contribution in [2.24, 2.45) is 5.92 Å². The van der Waals surface area contributed by atoms with Crippen molar-refractivity contribution in [3.8, 4) is 0 Å². The first-order valence-corrected chi connectivity index (χ1v) is 6.64. The zero-order valence-corrected chi connectivity index (χ0v) is 10.4. The lowest BCUT2D eigenvalue weighted by Crippen LogP contribution is -2.36. The second-order valence-electron chi connectivity index (χ2n) is 5.58. The molecule has 1 atom stereocenters. The number of hydrogen-bond acceptors (Lipinski definition) is 1. The fraction of sp³-hybridized carbons (Fsp3) is 0.600. The van der Waals surface area contributed by atoms with Crippen LogP contribution in [0.15, 0.2) is 18.2 Å². The highest BCUT2D eigenvalue weighted by molar-refractivity contribution is 5.64. The van der Waals surface area contributed by atoms with Gasteiger partial charge in [-0.15, -0.1) is 0 Å². The molecule has 0 N–H and O–H groups in total. The molecule has 0 spiro atoms. The van der Waals surface area contributed by atoms with Gasteiger partial charge in [0.25, 0.3) is 0 Å². The van der Waals surface area contributed by atoms with E-state index in [-0.39, 0.29) is 0 Å². The average Bonchev–Trinajstić information content (AvgIpc) is 2.30. The standard InChI is InChI=1S/C15H21N/c1-11(2)13-8-10-16-9-4-6-12-5-3-7-14(13)15(12)16/h3,5,7,11,13H,4,6,8-10H2,1-2H3. The van der Waals surface area contributed by atoms with Crippen molar-refractivity contribution in [1.82, 2.24) is 0 Å². The van der Waals surface area contributed by atoms with Crippen molar-refractivity contribution in [2.75, 3.05) is 18.0 Å². The lowest BCUT2D eigenvalue weighted by atomic mass is 9.79. The monoisotopic (exact) mass is 215 g/mol. The molecule has 2 heterocycles. The summed E-state index contributed by atoms with van der Waals surface area (Å²) in [6.07, 6.45) is 3.96. The van der Waals surface area contributed by atoms with Crippen LogP contribution >= 0.6 is 0 Å². The predicted molar refractivity (Wildman–Crippen MR) is 69.2 cm³/mol. The molecule has 0 radical (unpaired) electrons. The van der Waals surface area contributed by atoms with Crippen molar-refractivity contribution < 1.29 is 0 Å². The summed E-state index contributed by atoms with van der Waals surface area (Å²) in [5, 5.41) is 0.